The van der Waals surface area contributed by atoms with Crippen molar-refractivity contribution in [2.45, 2.75) is 60.0 Å². The minimum Gasteiger partial charge on any atom is -0.466 e. The molecule has 0 aromatic heterocycles. The molecule has 3 heterocycles. The molecule has 0 saturated carbocycles. The molecule has 2 N–H and O–H groups in total. The summed E-state index contributed by atoms with van der Waals surface area (Å²) in [7, 11) is 0. The lowest BCUT2D eigenvalue weighted by atomic mass is 9.71. The number of carbonyl (C=O) groups excluding carboxylic acids is 3. The number of ether oxygens (including phenoxy) is 1. The summed E-state index contributed by atoms with van der Waals surface area (Å²) in [4.78, 5) is 42.0. The third kappa shape index (κ3) is 4.44. The van der Waals surface area contributed by atoms with E-state index < -0.39 is 22.6 Å². The number of hydrogen-bond donors (Lipinski definition) is 2. The summed E-state index contributed by atoms with van der Waals surface area (Å²) in [5.41, 5.74) is 0.991. The SMILES string of the molecule is CCOC(=O)[C@H]1[C@H]2C(=O)N(CCCCCO)C(C(=O)NCc3ccccc3)C23CC(Br)[C@@H]1S3. The van der Waals surface area contributed by atoms with Crippen LogP contribution in [0.4, 0.5) is 0 Å². The molecule has 1 aromatic rings. The zero-order chi connectivity index (χ0) is 23.6. The van der Waals surface area contributed by atoms with Gasteiger partial charge in [0.2, 0.25) is 11.8 Å². The number of unbranched alkanes of at least 4 members (excludes halogenated alkanes) is 2. The third-order valence-electron chi connectivity index (χ3n) is 6.96. The second-order valence-electron chi connectivity index (χ2n) is 8.93. The average molecular weight is 539 g/mol. The Morgan fingerprint density at radius 1 is 1.27 bits per heavy atom. The molecule has 4 rings (SSSR count). The number of aliphatic hydroxyl groups is 1. The van der Waals surface area contributed by atoms with Crippen LogP contribution in [0.2, 0.25) is 0 Å². The minimum atomic E-state index is -0.648. The number of hydrogen-bond acceptors (Lipinski definition) is 6. The van der Waals surface area contributed by atoms with Crippen molar-refractivity contribution in [3.63, 3.8) is 0 Å². The van der Waals surface area contributed by atoms with Crippen LogP contribution >= 0.6 is 27.7 Å². The predicted molar refractivity (Wildman–Crippen MR) is 130 cm³/mol. The number of carbonyl (C=O) groups is 3. The summed E-state index contributed by atoms with van der Waals surface area (Å²) in [6.07, 6.45) is 2.79. The van der Waals surface area contributed by atoms with Crippen molar-refractivity contribution >= 4 is 45.5 Å². The summed E-state index contributed by atoms with van der Waals surface area (Å²) in [6, 6.07) is 9.05. The Labute approximate surface area is 207 Å². The predicted octanol–water partition coefficient (Wildman–Crippen LogP) is 2.49. The number of rotatable bonds is 10. The first-order valence-corrected chi connectivity index (χ1v) is 13.5. The monoisotopic (exact) mass is 538 g/mol. The molecule has 3 aliphatic rings. The third-order valence-corrected chi connectivity index (χ3v) is 10.2. The number of amides is 2. The topological polar surface area (TPSA) is 95.9 Å². The van der Waals surface area contributed by atoms with Crippen LogP contribution < -0.4 is 5.32 Å². The summed E-state index contributed by atoms with van der Waals surface area (Å²) in [5, 5.41) is 12.1. The second-order valence-corrected chi connectivity index (χ2v) is 11.7. The number of fused-ring (bicyclic) bond motifs is 1. The van der Waals surface area contributed by atoms with Gasteiger partial charge in [0.25, 0.3) is 0 Å². The summed E-state index contributed by atoms with van der Waals surface area (Å²) in [5.74, 6) is -1.73. The number of alkyl halides is 1. The van der Waals surface area contributed by atoms with Gasteiger partial charge in [-0.3, -0.25) is 14.4 Å². The van der Waals surface area contributed by atoms with Gasteiger partial charge in [-0.2, -0.15) is 0 Å². The molecule has 2 amide bonds. The van der Waals surface area contributed by atoms with Gasteiger partial charge in [-0.25, -0.2) is 0 Å². The molecule has 3 fully saturated rings. The van der Waals surface area contributed by atoms with Gasteiger partial charge < -0.3 is 20.1 Å². The fraction of sp³-hybridized carbons (Fsp3) is 0.625. The number of nitrogens with zero attached hydrogens (tertiary/aromatic N) is 1. The molecule has 1 aromatic carbocycles. The highest BCUT2D eigenvalue weighted by molar-refractivity contribution is 9.09. The molecule has 3 saturated heterocycles. The Morgan fingerprint density at radius 2 is 2.03 bits per heavy atom. The number of benzene rings is 1. The second kappa shape index (κ2) is 10.4. The van der Waals surface area contributed by atoms with Crippen LogP contribution in [0.25, 0.3) is 0 Å². The zero-order valence-electron chi connectivity index (χ0n) is 18.7. The number of likely N-dealkylation sites (tertiary alicyclic amines) is 1. The van der Waals surface area contributed by atoms with Gasteiger partial charge in [0.05, 0.1) is 23.2 Å². The number of aliphatic hydroxyl groups excluding tert-OH is 1. The lowest BCUT2D eigenvalue weighted by Gasteiger charge is -2.35. The van der Waals surface area contributed by atoms with Crippen molar-refractivity contribution in [2.24, 2.45) is 11.8 Å². The largest absolute Gasteiger partial charge is 0.466 e. The molecule has 6 atom stereocenters. The summed E-state index contributed by atoms with van der Waals surface area (Å²) >= 11 is 5.35. The van der Waals surface area contributed by atoms with E-state index in [-0.39, 0.29) is 41.1 Å². The number of halogens is 1. The smallest absolute Gasteiger partial charge is 0.310 e. The van der Waals surface area contributed by atoms with E-state index in [4.69, 9.17) is 9.84 Å². The average Bonchev–Trinajstić information content (AvgIpc) is 3.39. The number of nitrogens with one attached hydrogen (secondary N) is 1. The van der Waals surface area contributed by atoms with Crippen LogP contribution in [0.3, 0.4) is 0 Å². The summed E-state index contributed by atoms with van der Waals surface area (Å²) < 4.78 is 4.71. The highest BCUT2D eigenvalue weighted by atomic mass is 79.9. The lowest BCUT2D eigenvalue weighted by molar-refractivity contribution is -0.153. The van der Waals surface area contributed by atoms with E-state index in [1.807, 2.05) is 30.3 Å². The lowest BCUT2D eigenvalue weighted by Crippen LogP contribution is -2.54. The fourth-order valence-corrected chi connectivity index (χ4v) is 9.23. The van der Waals surface area contributed by atoms with Gasteiger partial charge in [0.15, 0.2) is 0 Å². The Bertz CT molecular complexity index is 887. The Kier molecular flexibility index (Phi) is 7.70. The quantitative estimate of drug-likeness (QED) is 0.270. The molecular formula is C24H31BrN2O5S. The van der Waals surface area contributed by atoms with Crippen molar-refractivity contribution in [1.29, 1.82) is 0 Å². The molecule has 2 bridgehead atoms. The number of thioether (sulfide) groups is 1. The molecule has 33 heavy (non-hydrogen) atoms. The molecule has 180 valence electrons. The minimum absolute atomic E-state index is 0.0414. The first-order chi connectivity index (χ1) is 15.9. The van der Waals surface area contributed by atoms with E-state index in [1.54, 1.807) is 23.6 Å². The van der Waals surface area contributed by atoms with Crippen LogP contribution in [-0.4, -0.2) is 68.4 Å². The maximum absolute atomic E-state index is 13.7. The van der Waals surface area contributed by atoms with Crippen LogP contribution in [0.15, 0.2) is 30.3 Å². The van der Waals surface area contributed by atoms with Gasteiger partial charge in [0, 0.05) is 29.8 Å². The molecule has 3 unspecified atom stereocenters. The van der Waals surface area contributed by atoms with Crippen molar-refractivity contribution in [3.05, 3.63) is 35.9 Å². The van der Waals surface area contributed by atoms with E-state index in [1.165, 1.54) is 0 Å². The molecule has 0 aliphatic carbocycles. The Hall–Kier alpha value is -1.58. The van der Waals surface area contributed by atoms with Gasteiger partial charge in [-0.1, -0.05) is 46.3 Å². The molecule has 9 heteroatoms. The van der Waals surface area contributed by atoms with Crippen LogP contribution in [-0.2, 0) is 25.7 Å². The highest BCUT2D eigenvalue weighted by Crippen LogP contribution is 2.67. The van der Waals surface area contributed by atoms with E-state index in [0.717, 1.165) is 12.0 Å². The molecular weight excluding hydrogens is 508 g/mol. The number of esters is 1. The van der Waals surface area contributed by atoms with E-state index >= 15 is 0 Å². The first-order valence-electron chi connectivity index (χ1n) is 11.7. The molecule has 7 nitrogen and oxygen atoms in total. The summed E-state index contributed by atoms with van der Waals surface area (Å²) in [6.45, 7) is 2.96. The van der Waals surface area contributed by atoms with Crippen molar-refractivity contribution in [2.75, 3.05) is 19.8 Å². The van der Waals surface area contributed by atoms with Gasteiger partial charge >= 0.3 is 5.97 Å². The zero-order valence-corrected chi connectivity index (χ0v) is 21.1. The van der Waals surface area contributed by atoms with Crippen molar-refractivity contribution in [3.8, 4) is 0 Å². The van der Waals surface area contributed by atoms with Gasteiger partial charge in [0.1, 0.15) is 6.04 Å². The molecule has 0 radical (unpaired) electrons. The Balaban J connectivity index is 1.61. The van der Waals surface area contributed by atoms with Gasteiger partial charge in [-0.15, -0.1) is 11.8 Å². The molecule has 3 aliphatic heterocycles. The van der Waals surface area contributed by atoms with Crippen LogP contribution in [0.1, 0.15) is 38.2 Å². The normalized spacial score (nSPS) is 32.2. The maximum Gasteiger partial charge on any atom is 0.310 e. The van der Waals surface area contributed by atoms with Gasteiger partial charge in [-0.05, 0) is 38.2 Å². The first kappa shape index (κ1) is 24.5. The Morgan fingerprint density at radius 3 is 2.73 bits per heavy atom. The standard InChI is InChI=1S/C24H31BrN2O5S/c1-2-32-23(31)17-18-22(30)27(11-7-4-8-12-28)20(24(18)13-16(25)19(17)33-24)21(29)26-14-15-9-5-3-6-10-15/h3,5-6,9-10,16-20,28H,2,4,7-8,11-14H2,1H3,(H,26,29)/t16?,17-,18-,19-,20?,24?/m0/s1. The maximum atomic E-state index is 13.7. The fourth-order valence-electron chi connectivity index (χ4n) is 5.63. The van der Waals surface area contributed by atoms with E-state index in [2.05, 4.69) is 21.2 Å². The van der Waals surface area contributed by atoms with E-state index in [9.17, 15) is 14.4 Å². The van der Waals surface area contributed by atoms with Crippen molar-refractivity contribution < 1.29 is 24.2 Å². The highest BCUT2D eigenvalue weighted by Gasteiger charge is 2.75. The molecule has 1 spiro atoms. The van der Waals surface area contributed by atoms with Crippen LogP contribution in [0, 0.1) is 11.8 Å². The van der Waals surface area contributed by atoms with Crippen LogP contribution in [0.5, 0.6) is 0 Å². The van der Waals surface area contributed by atoms with Crippen molar-refractivity contribution in [1.82, 2.24) is 10.2 Å². The van der Waals surface area contributed by atoms with E-state index in [0.29, 0.717) is 32.4 Å².